The monoisotopic (exact) mass is 230 g/mol. The van der Waals surface area contributed by atoms with Crippen molar-refractivity contribution in [3.63, 3.8) is 0 Å². The number of nitrogens with zero attached hydrogens (tertiary/aromatic N) is 2. The second kappa shape index (κ2) is 3.08. The summed E-state index contributed by atoms with van der Waals surface area (Å²) in [7, 11) is 0. The van der Waals surface area contributed by atoms with Gasteiger partial charge in [-0.3, -0.25) is 4.40 Å². The molecule has 0 bridgehead atoms. The second-order valence-electron chi connectivity index (χ2n) is 5.10. The summed E-state index contributed by atoms with van der Waals surface area (Å²) in [6, 6.07) is 8.27. The molecule has 1 aromatic carbocycles. The molecule has 0 aliphatic rings. The molecule has 2 heterocycles. The van der Waals surface area contributed by atoms with Crippen LogP contribution in [0.15, 0.2) is 30.5 Å². The molecule has 0 atom stereocenters. The molecule has 3 heteroatoms. The number of fused-ring (bicyclic) bond motifs is 3. The molecule has 0 fully saturated rings. The smallest absolute Gasteiger partial charge is 0.194 e. The van der Waals surface area contributed by atoms with Gasteiger partial charge < -0.3 is 0 Å². The van der Waals surface area contributed by atoms with Gasteiger partial charge in [0.1, 0.15) is 0 Å². The largest absolute Gasteiger partial charge is 0.290 e. The first-order chi connectivity index (χ1) is 7.55. The van der Waals surface area contributed by atoms with Crippen molar-refractivity contribution in [3.8, 4) is 0 Å². The molecular weight excluding hydrogens is 216 g/mol. The van der Waals surface area contributed by atoms with E-state index in [2.05, 4.69) is 54.6 Å². The number of hydrogen-bond acceptors (Lipinski definition) is 2. The Hall–Kier alpha value is -1.35. The van der Waals surface area contributed by atoms with Gasteiger partial charge in [-0.15, -0.1) is 11.3 Å². The number of benzene rings is 1. The lowest BCUT2D eigenvalue weighted by Crippen LogP contribution is -2.08. The Kier molecular flexibility index (Phi) is 1.89. The number of aromatic nitrogens is 2. The third-order valence-electron chi connectivity index (χ3n) is 2.75. The van der Waals surface area contributed by atoms with Crippen molar-refractivity contribution in [1.82, 2.24) is 9.38 Å². The van der Waals surface area contributed by atoms with Crippen molar-refractivity contribution in [2.24, 2.45) is 0 Å². The molecule has 82 valence electrons. The van der Waals surface area contributed by atoms with Gasteiger partial charge in [0.15, 0.2) is 4.96 Å². The fourth-order valence-electron chi connectivity index (χ4n) is 1.81. The average Bonchev–Trinajstić information content (AvgIpc) is 2.72. The predicted molar refractivity (Wildman–Crippen MR) is 69.3 cm³/mol. The Morgan fingerprint density at radius 1 is 1.19 bits per heavy atom. The number of para-hydroxylation sites is 2. The maximum Gasteiger partial charge on any atom is 0.194 e. The minimum absolute atomic E-state index is 0.201. The van der Waals surface area contributed by atoms with Gasteiger partial charge in [-0.1, -0.05) is 32.9 Å². The van der Waals surface area contributed by atoms with E-state index in [9.17, 15) is 0 Å². The molecule has 0 saturated heterocycles. The van der Waals surface area contributed by atoms with E-state index in [1.807, 2.05) is 6.07 Å². The van der Waals surface area contributed by atoms with Gasteiger partial charge >= 0.3 is 0 Å². The lowest BCUT2D eigenvalue weighted by Gasteiger charge is -2.14. The molecule has 2 aromatic heterocycles. The lowest BCUT2D eigenvalue weighted by atomic mass is 9.95. The molecule has 0 radical (unpaired) electrons. The summed E-state index contributed by atoms with van der Waals surface area (Å²) in [6.45, 7) is 6.71. The fraction of sp³-hybridized carbons (Fsp3) is 0.308. The Labute approximate surface area is 98.6 Å². The van der Waals surface area contributed by atoms with Crippen LogP contribution in [0.3, 0.4) is 0 Å². The van der Waals surface area contributed by atoms with Gasteiger partial charge in [-0.2, -0.15) is 0 Å². The van der Waals surface area contributed by atoms with E-state index >= 15 is 0 Å². The van der Waals surface area contributed by atoms with E-state index < -0.39 is 0 Å². The summed E-state index contributed by atoms with van der Waals surface area (Å²) in [6.07, 6.45) is 2.22. The van der Waals surface area contributed by atoms with Crippen LogP contribution in [0.4, 0.5) is 0 Å². The van der Waals surface area contributed by atoms with Crippen molar-refractivity contribution in [3.05, 3.63) is 35.3 Å². The highest BCUT2D eigenvalue weighted by Crippen LogP contribution is 2.31. The number of rotatable bonds is 0. The lowest BCUT2D eigenvalue weighted by molar-refractivity contribution is 0.602. The van der Waals surface area contributed by atoms with E-state index in [0.717, 1.165) is 10.5 Å². The topological polar surface area (TPSA) is 17.3 Å². The average molecular weight is 230 g/mol. The highest BCUT2D eigenvalue weighted by Gasteiger charge is 2.18. The minimum atomic E-state index is 0.201. The van der Waals surface area contributed by atoms with E-state index in [1.54, 1.807) is 11.3 Å². The standard InChI is InChI=1S/C13H14N2S/c1-13(2,3)11-8-15-10-7-5-4-6-9(10)14-12(15)16-11/h4-8H,1-3H3. The summed E-state index contributed by atoms with van der Waals surface area (Å²) < 4.78 is 2.20. The second-order valence-corrected chi connectivity index (χ2v) is 6.11. The molecule has 0 saturated carbocycles. The van der Waals surface area contributed by atoms with Gasteiger partial charge in [0.05, 0.1) is 11.0 Å². The first kappa shape index (κ1) is 9.85. The fourth-order valence-corrected chi connectivity index (χ4v) is 2.86. The Balaban J connectivity index is 2.35. The molecule has 16 heavy (non-hydrogen) atoms. The van der Waals surface area contributed by atoms with Crippen LogP contribution in [0, 0.1) is 0 Å². The summed E-state index contributed by atoms with van der Waals surface area (Å²) in [5.74, 6) is 0. The zero-order chi connectivity index (χ0) is 11.3. The van der Waals surface area contributed by atoms with Crippen LogP contribution in [0.1, 0.15) is 25.6 Å². The van der Waals surface area contributed by atoms with E-state index in [1.165, 1.54) is 10.4 Å². The molecule has 0 amide bonds. The van der Waals surface area contributed by atoms with Crippen LogP contribution in [0.25, 0.3) is 16.0 Å². The number of hydrogen-bond donors (Lipinski definition) is 0. The Morgan fingerprint density at radius 2 is 1.94 bits per heavy atom. The highest BCUT2D eigenvalue weighted by atomic mass is 32.1. The van der Waals surface area contributed by atoms with Gasteiger partial charge in [0.25, 0.3) is 0 Å². The van der Waals surface area contributed by atoms with Gasteiger partial charge in [-0.25, -0.2) is 4.98 Å². The zero-order valence-corrected chi connectivity index (χ0v) is 10.5. The van der Waals surface area contributed by atoms with Crippen molar-refractivity contribution in [2.75, 3.05) is 0 Å². The number of imidazole rings is 1. The van der Waals surface area contributed by atoms with Crippen LogP contribution in [0.5, 0.6) is 0 Å². The molecule has 0 N–H and O–H groups in total. The van der Waals surface area contributed by atoms with Crippen LogP contribution in [0.2, 0.25) is 0 Å². The predicted octanol–water partition coefficient (Wildman–Crippen LogP) is 3.85. The quantitative estimate of drug-likeness (QED) is 0.573. The van der Waals surface area contributed by atoms with Crippen LogP contribution in [-0.4, -0.2) is 9.38 Å². The molecule has 3 aromatic rings. The molecular formula is C13H14N2S. The van der Waals surface area contributed by atoms with Crippen molar-refractivity contribution in [2.45, 2.75) is 26.2 Å². The maximum absolute atomic E-state index is 4.63. The third-order valence-corrected chi connectivity index (χ3v) is 4.16. The molecule has 0 aliphatic heterocycles. The van der Waals surface area contributed by atoms with Gasteiger partial charge in [-0.05, 0) is 17.5 Å². The SMILES string of the molecule is CC(C)(C)c1cn2c(nc3ccccc32)s1. The van der Waals surface area contributed by atoms with Gasteiger partial charge in [0.2, 0.25) is 0 Å². The van der Waals surface area contributed by atoms with E-state index in [4.69, 9.17) is 0 Å². The van der Waals surface area contributed by atoms with Crippen LogP contribution < -0.4 is 0 Å². The molecule has 0 aliphatic carbocycles. The molecule has 3 rings (SSSR count). The highest BCUT2D eigenvalue weighted by molar-refractivity contribution is 7.17. The third kappa shape index (κ3) is 1.35. The van der Waals surface area contributed by atoms with Crippen molar-refractivity contribution >= 4 is 27.3 Å². The summed E-state index contributed by atoms with van der Waals surface area (Å²) in [5, 5.41) is 0. The Morgan fingerprint density at radius 3 is 2.69 bits per heavy atom. The van der Waals surface area contributed by atoms with Gasteiger partial charge in [0, 0.05) is 11.1 Å². The molecule has 2 nitrogen and oxygen atoms in total. The first-order valence-electron chi connectivity index (χ1n) is 5.43. The normalized spacial score (nSPS) is 12.7. The van der Waals surface area contributed by atoms with Crippen molar-refractivity contribution < 1.29 is 0 Å². The minimum Gasteiger partial charge on any atom is -0.290 e. The maximum atomic E-state index is 4.63. The summed E-state index contributed by atoms with van der Waals surface area (Å²) in [5.41, 5.74) is 2.48. The Bertz CT molecular complexity index is 655. The summed E-state index contributed by atoms with van der Waals surface area (Å²) >= 11 is 1.78. The summed E-state index contributed by atoms with van der Waals surface area (Å²) in [4.78, 5) is 7.10. The molecule has 0 unspecified atom stereocenters. The number of thiazole rings is 1. The van der Waals surface area contributed by atoms with E-state index in [0.29, 0.717) is 0 Å². The van der Waals surface area contributed by atoms with Crippen molar-refractivity contribution in [1.29, 1.82) is 0 Å². The first-order valence-corrected chi connectivity index (χ1v) is 6.24. The van der Waals surface area contributed by atoms with E-state index in [-0.39, 0.29) is 5.41 Å². The zero-order valence-electron chi connectivity index (χ0n) is 9.69. The molecule has 0 spiro atoms. The van der Waals surface area contributed by atoms with Crippen LogP contribution in [-0.2, 0) is 5.41 Å². The van der Waals surface area contributed by atoms with Crippen LogP contribution >= 0.6 is 11.3 Å².